The fraction of sp³-hybridized carbons (Fsp3) is 0.111. The van der Waals surface area contributed by atoms with Crippen molar-refractivity contribution in [1.82, 2.24) is 9.97 Å². The SMILES string of the molecule is Cc1ccc(Oc2ncc(Cl)cc2NS(=O)(=O)c2ccc(Cl)c(Cl)c2)c(C)n1. The molecule has 0 atom stereocenters. The minimum Gasteiger partial charge on any atom is -0.435 e. The molecule has 3 aromatic rings. The van der Waals surface area contributed by atoms with Crippen LogP contribution in [0.15, 0.2) is 47.5 Å². The van der Waals surface area contributed by atoms with Crippen molar-refractivity contribution in [1.29, 1.82) is 0 Å². The average Bonchev–Trinajstić information content (AvgIpc) is 2.61. The lowest BCUT2D eigenvalue weighted by Gasteiger charge is -2.14. The van der Waals surface area contributed by atoms with E-state index in [4.69, 9.17) is 39.5 Å². The van der Waals surface area contributed by atoms with Gasteiger partial charge in [-0.15, -0.1) is 0 Å². The molecule has 1 aromatic carbocycles. The van der Waals surface area contributed by atoms with Gasteiger partial charge in [-0.3, -0.25) is 9.71 Å². The van der Waals surface area contributed by atoms with Gasteiger partial charge in [0.1, 0.15) is 5.69 Å². The Morgan fingerprint density at radius 3 is 2.43 bits per heavy atom. The number of halogens is 3. The summed E-state index contributed by atoms with van der Waals surface area (Å²) in [4.78, 5) is 8.33. The van der Waals surface area contributed by atoms with Gasteiger partial charge in [-0.25, -0.2) is 13.4 Å². The van der Waals surface area contributed by atoms with E-state index in [9.17, 15) is 8.42 Å². The first-order chi connectivity index (χ1) is 13.2. The largest absolute Gasteiger partial charge is 0.435 e. The van der Waals surface area contributed by atoms with E-state index in [0.717, 1.165) is 5.69 Å². The number of aryl methyl sites for hydroxylation is 2. The monoisotopic (exact) mass is 457 g/mol. The lowest BCUT2D eigenvalue weighted by Crippen LogP contribution is -2.14. The second-order valence-electron chi connectivity index (χ2n) is 5.83. The van der Waals surface area contributed by atoms with Crippen LogP contribution < -0.4 is 9.46 Å². The molecule has 28 heavy (non-hydrogen) atoms. The Bertz CT molecular complexity index is 1150. The Hall–Kier alpha value is -2.06. The summed E-state index contributed by atoms with van der Waals surface area (Å²) < 4.78 is 33.7. The van der Waals surface area contributed by atoms with Gasteiger partial charge in [0.15, 0.2) is 5.75 Å². The standard InChI is InChI=1S/C18H14Cl3N3O3S/c1-10-3-6-17(11(2)23-10)27-18-16(7-12(19)9-22-18)24-28(25,26)13-4-5-14(20)15(21)8-13/h3-9,24H,1-2H3. The van der Waals surface area contributed by atoms with Crippen LogP contribution in [-0.2, 0) is 10.0 Å². The molecule has 0 saturated heterocycles. The minimum absolute atomic E-state index is 0.0294. The molecule has 3 rings (SSSR count). The number of pyridine rings is 2. The van der Waals surface area contributed by atoms with Gasteiger partial charge in [0.25, 0.3) is 10.0 Å². The summed E-state index contributed by atoms with van der Waals surface area (Å²) in [6.07, 6.45) is 1.35. The summed E-state index contributed by atoms with van der Waals surface area (Å²) in [6, 6.07) is 8.88. The highest BCUT2D eigenvalue weighted by atomic mass is 35.5. The van der Waals surface area contributed by atoms with E-state index in [1.165, 1.54) is 30.5 Å². The Morgan fingerprint density at radius 1 is 1.00 bits per heavy atom. The molecule has 2 heterocycles. The topological polar surface area (TPSA) is 81.2 Å². The molecule has 0 amide bonds. The van der Waals surface area contributed by atoms with E-state index >= 15 is 0 Å². The molecule has 0 aliphatic carbocycles. The van der Waals surface area contributed by atoms with E-state index in [2.05, 4.69) is 14.7 Å². The number of benzene rings is 1. The maximum absolute atomic E-state index is 12.7. The molecule has 0 aliphatic rings. The van der Waals surface area contributed by atoms with Crippen LogP contribution in [0.1, 0.15) is 11.4 Å². The number of anilines is 1. The normalized spacial score (nSPS) is 11.3. The van der Waals surface area contributed by atoms with Crippen molar-refractivity contribution in [3.63, 3.8) is 0 Å². The molecular weight excluding hydrogens is 445 g/mol. The van der Waals surface area contributed by atoms with Crippen molar-refractivity contribution in [3.05, 3.63) is 69.1 Å². The number of nitrogens with zero attached hydrogens (tertiary/aromatic N) is 2. The average molecular weight is 459 g/mol. The number of aromatic nitrogens is 2. The van der Waals surface area contributed by atoms with Crippen LogP contribution in [0.5, 0.6) is 11.6 Å². The predicted octanol–water partition coefficient (Wildman–Crippen LogP) is 5.65. The number of rotatable bonds is 5. The maximum Gasteiger partial charge on any atom is 0.262 e. The Balaban J connectivity index is 1.97. The van der Waals surface area contributed by atoms with Crippen LogP contribution in [0, 0.1) is 13.8 Å². The molecule has 0 spiro atoms. The van der Waals surface area contributed by atoms with Gasteiger partial charge in [-0.1, -0.05) is 34.8 Å². The summed E-state index contributed by atoms with van der Waals surface area (Å²) >= 11 is 17.8. The van der Waals surface area contributed by atoms with Crippen LogP contribution in [0.4, 0.5) is 5.69 Å². The van der Waals surface area contributed by atoms with Crippen LogP contribution in [0.2, 0.25) is 15.1 Å². The molecule has 2 aromatic heterocycles. The Morgan fingerprint density at radius 2 is 1.75 bits per heavy atom. The van der Waals surface area contributed by atoms with Crippen molar-refractivity contribution in [3.8, 4) is 11.6 Å². The first-order valence-corrected chi connectivity index (χ1v) is 10.5. The number of hydrogen-bond donors (Lipinski definition) is 1. The minimum atomic E-state index is -3.99. The molecule has 0 fully saturated rings. The number of sulfonamides is 1. The summed E-state index contributed by atoms with van der Waals surface area (Å²) in [5.41, 5.74) is 1.53. The quantitative estimate of drug-likeness (QED) is 0.534. The molecule has 6 nitrogen and oxygen atoms in total. The number of hydrogen-bond acceptors (Lipinski definition) is 5. The number of nitrogens with one attached hydrogen (secondary N) is 1. The molecule has 0 saturated carbocycles. The molecule has 0 bridgehead atoms. The van der Waals surface area contributed by atoms with E-state index in [1.807, 2.05) is 6.92 Å². The summed E-state index contributed by atoms with van der Waals surface area (Å²) in [5, 5.41) is 0.598. The lowest BCUT2D eigenvalue weighted by molar-refractivity contribution is 0.458. The summed E-state index contributed by atoms with van der Waals surface area (Å²) in [6.45, 7) is 3.63. The van der Waals surface area contributed by atoms with Crippen molar-refractivity contribution >= 4 is 50.5 Å². The van der Waals surface area contributed by atoms with Gasteiger partial charge in [0, 0.05) is 11.9 Å². The molecular formula is C18H14Cl3N3O3S. The lowest BCUT2D eigenvalue weighted by atomic mass is 10.3. The first-order valence-electron chi connectivity index (χ1n) is 7.91. The number of ether oxygens (including phenoxy) is 1. The van der Waals surface area contributed by atoms with Gasteiger partial charge in [-0.2, -0.15) is 0 Å². The second kappa shape index (κ2) is 8.13. The molecule has 0 radical (unpaired) electrons. The Labute approximate surface area is 177 Å². The van der Waals surface area contributed by atoms with E-state index in [-0.39, 0.29) is 31.5 Å². The van der Waals surface area contributed by atoms with Crippen molar-refractivity contribution in [2.75, 3.05) is 4.72 Å². The predicted molar refractivity (Wildman–Crippen MR) is 110 cm³/mol. The third-order valence-corrected chi connectivity index (χ3v) is 5.96. The van der Waals surface area contributed by atoms with Crippen molar-refractivity contribution in [2.45, 2.75) is 18.7 Å². The van der Waals surface area contributed by atoms with Crippen LogP contribution in [0.3, 0.4) is 0 Å². The van der Waals surface area contributed by atoms with Crippen LogP contribution in [-0.4, -0.2) is 18.4 Å². The van der Waals surface area contributed by atoms with Gasteiger partial charge in [0.2, 0.25) is 5.88 Å². The molecule has 0 aliphatic heterocycles. The fourth-order valence-electron chi connectivity index (χ4n) is 2.31. The fourth-order valence-corrected chi connectivity index (χ4v) is 3.91. The summed E-state index contributed by atoms with van der Waals surface area (Å²) in [5.74, 6) is 0.470. The van der Waals surface area contributed by atoms with E-state index in [0.29, 0.717) is 11.4 Å². The highest BCUT2D eigenvalue weighted by Gasteiger charge is 2.20. The van der Waals surface area contributed by atoms with Crippen LogP contribution >= 0.6 is 34.8 Å². The Kier molecular flexibility index (Phi) is 6.00. The second-order valence-corrected chi connectivity index (χ2v) is 8.76. The molecule has 146 valence electrons. The van der Waals surface area contributed by atoms with Gasteiger partial charge >= 0.3 is 0 Å². The third kappa shape index (κ3) is 4.67. The zero-order valence-corrected chi connectivity index (χ0v) is 17.8. The smallest absolute Gasteiger partial charge is 0.262 e. The molecule has 1 N–H and O–H groups in total. The van der Waals surface area contributed by atoms with Gasteiger partial charge in [0.05, 0.1) is 25.7 Å². The van der Waals surface area contributed by atoms with E-state index < -0.39 is 10.0 Å². The zero-order valence-electron chi connectivity index (χ0n) is 14.7. The maximum atomic E-state index is 12.7. The highest BCUT2D eigenvalue weighted by molar-refractivity contribution is 7.92. The van der Waals surface area contributed by atoms with Gasteiger partial charge in [-0.05, 0) is 50.2 Å². The van der Waals surface area contributed by atoms with Crippen LogP contribution in [0.25, 0.3) is 0 Å². The zero-order chi connectivity index (χ0) is 20.5. The van der Waals surface area contributed by atoms with E-state index in [1.54, 1.807) is 19.1 Å². The molecule has 10 heteroatoms. The third-order valence-electron chi connectivity index (χ3n) is 3.65. The molecule has 0 unspecified atom stereocenters. The van der Waals surface area contributed by atoms with Gasteiger partial charge < -0.3 is 4.74 Å². The highest BCUT2D eigenvalue weighted by Crippen LogP contribution is 2.33. The van der Waals surface area contributed by atoms with Crippen molar-refractivity contribution < 1.29 is 13.2 Å². The van der Waals surface area contributed by atoms with Crippen molar-refractivity contribution in [2.24, 2.45) is 0 Å². The first kappa shape index (κ1) is 20.7. The summed E-state index contributed by atoms with van der Waals surface area (Å²) in [7, 11) is -3.99.